The van der Waals surface area contributed by atoms with E-state index in [9.17, 15) is 14.7 Å². The van der Waals surface area contributed by atoms with Crippen LogP contribution in [0.1, 0.15) is 11.3 Å². The molecule has 10 nitrogen and oxygen atoms in total. The Morgan fingerprint density at radius 3 is 2.66 bits per heavy atom. The molecule has 2 N–H and O–H groups in total. The molecule has 0 bridgehead atoms. The van der Waals surface area contributed by atoms with E-state index in [0.717, 1.165) is 10.1 Å². The fraction of sp³-hybridized carbons (Fsp3) is 0.318. The maximum atomic E-state index is 12.9. The van der Waals surface area contributed by atoms with Crippen molar-refractivity contribution < 1.29 is 14.3 Å². The first-order chi connectivity index (χ1) is 15.4. The number of aryl methyl sites for hydroxylation is 2. The smallest absolute Gasteiger partial charge is 0.332 e. The lowest BCUT2D eigenvalue weighted by molar-refractivity contribution is 0.0935. The number of hydrogen-bond acceptors (Lipinski definition) is 7. The Bertz CT molecular complexity index is 1350. The van der Waals surface area contributed by atoms with Crippen LogP contribution in [0.3, 0.4) is 0 Å². The van der Waals surface area contributed by atoms with E-state index >= 15 is 0 Å². The number of furan rings is 1. The van der Waals surface area contributed by atoms with Gasteiger partial charge in [-0.25, -0.2) is 4.79 Å². The van der Waals surface area contributed by atoms with E-state index in [0.29, 0.717) is 24.0 Å². The summed E-state index contributed by atoms with van der Waals surface area (Å²) in [6, 6.07) is 11.1. The van der Waals surface area contributed by atoms with Crippen molar-refractivity contribution in [3.63, 3.8) is 0 Å². The summed E-state index contributed by atoms with van der Waals surface area (Å²) < 4.78 is 15.0. The molecule has 168 valence electrons. The highest BCUT2D eigenvalue weighted by molar-refractivity contribution is 5.74. The van der Waals surface area contributed by atoms with Gasteiger partial charge in [-0.1, -0.05) is 18.2 Å². The third kappa shape index (κ3) is 4.04. The van der Waals surface area contributed by atoms with Crippen molar-refractivity contribution in [3.8, 4) is 5.75 Å². The highest BCUT2D eigenvalue weighted by atomic mass is 16.5. The zero-order valence-corrected chi connectivity index (χ0v) is 18.1. The number of aliphatic hydroxyl groups is 1. The first-order valence-electron chi connectivity index (χ1n) is 10.2. The van der Waals surface area contributed by atoms with Gasteiger partial charge in [-0.15, -0.1) is 0 Å². The van der Waals surface area contributed by atoms with E-state index in [-0.39, 0.29) is 24.3 Å². The highest BCUT2D eigenvalue weighted by Gasteiger charge is 2.21. The zero-order chi connectivity index (χ0) is 22.8. The Hall–Kier alpha value is -3.79. The van der Waals surface area contributed by atoms with Gasteiger partial charge >= 0.3 is 5.69 Å². The van der Waals surface area contributed by atoms with Crippen molar-refractivity contribution in [1.29, 1.82) is 0 Å². The number of fused-ring (bicyclic) bond motifs is 1. The van der Waals surface area contributed by atoms with Gasteiger partial charge in [-0.3, -0.25) is 13.9 Å². The van der Waals surface area contributed by atoms with Crippen molar-refractivity contribution >= 4 is 17.1 Å². The van der Waals surface area contributed by atoms with Gasteiger partial charge in [-0.2, -0.15) is 4.98 Å². The lowest BCUT2D eigenvalue weighted by atomic mass is 10.2. The summed E-state index contributed by atoms with van der Waals surface area (Å²) in [5.74, 6) is 1.69. The van der Waals surface area contributed by atoms with E-state index in [1.54, 1.807) is 30.0 Å². The number of nitrogens with one attached hydrogen (secondary N) is 1. The quantitative estimate of drug-likeness (QED) is 0.426. The number of ether oxygens (including phenoxy) is 1. The second-order valence-electron chi connectivity index (χ2n) is 7.59. The lowest BCUT2D eigenvalue weighted by Gasteiger charge is -2.16. The fourth-order valence-electron chi connectivity index (χ4n) is 3.51. The summed E-state index contributed by atoms with van der Waals surface area (Å²) in [5, 5.41) is 13.8. The van der Waals surface area contributed by atoms with Gasteiger partial charge in [0.05, 0.1) is 19.4 Å². The predicted molar refractivity (Wildman–Crippen MR) is 119 cm³/mol. The molecule has 0 aliphatic rings. The largest absolute Gasteiger partial charge is 0.491 e. The number of hydrogen-bond donors (Lipinski definition) is 2. The molecule has 1 atom stereocenters. The second-order valence-corrected chi connectivity index (χ2v) is 7.59. The van der Waals surface area contributed by atoms with Crippen LogP contribution in [0.25, 0.3) is 11.2 Å². The molecule has 0 aliphatic heterocycles. The number of aromatic nitrogens is 4. The fourth-order valence-corrected chi connectivity index (χ4v) is 3.51. The monoisotopic (exact) mass is 439 g/mol. The zero-order valence-electron chi connectivity index (χ0n) is 18.1. The maximum Gasteiger partial charge on any atom is 0.332 e. The molecule has 0 saturated carbocycles. The lowest BCUT2D eigenvalue weighted by Crippen LogP contribution is -2.38. The van der Waals surface area contributed by atoms with Crippen LogP contribution in [0.4, 0.5) is 5.95 Å². The van der Waals surface area contributed by atoms with E-state index in [4.69, 9.17) is 9.15 Å². The Labute approximate surface area is 183 Å². The van der Waals surface area contributed by atoms with Gasteiger partial charge in [0.1, 0.15) is 24.2 Å². The van der Waals surface area contributed by atoms with E-state index in [1.807, 2.05) is 31.2 Å². The summed E-state index contributed by atoms with van der Waals surface area (Å²) in [6.07, 6.45) is 0.629. The molecular weight excluding hydrogens is 414 g/mol. The van der Waals surface area contributed by atoms with Gasteiger partial charge < -0.3 is 24.1 Å². The Kier molecular flexibility index (Phi) is 5.87. The van der Waals surface area contributed by atoms with Crippen molar-refractivity contribution in [3.05, 3.63) is 74.8 Å². The number of benzene rings is 1. The summed E-state index contributed by atoms with van der Waals surface area (Å²) in [4.78, 5) is 29.7. The van der Waals surface area contributed by atoms with E-state index in [2.05, 4.69) is 10.3 Å². The Balaban J connectivity index is 1.67. The average Bonchev–Trinajstić information content (AvgIpc) is 3.42. The SMILES string of the molecule is Cc1ccccc1OC[C@H](O)Cn1c(NCc2ccco2)nc2c1c(=O)n(C)c(=O)n2C. The predicted octanol–water partition coefficient (Wildman–Crippen LogP) is 1.39. The minimum Gasteiger partial charge on any atom is -0.491 e. The van der Waals surface area contributed by atoms with Gasteiger partial charge in [0.2, 0.25) is 5.95 Å². The van der Waals surface area contributed by atoms with Gasteiger partial charge in [0.15, 0.2) is 11.2 Å². The highest BCUT2D eigenvalue weighted by Crippen LogP contribution is 2.19. The third-order valence-corrected chi connectivity index (χ3v) is 5.27. The van der Waals surface area contributed by atoms with Crippen LogP contribution in [0, 0.1) is 6.92 Å². The molecule has 0 spiro atoms. The molecule has 10 heteroatoms. The van der Waals surface area contributed by atoms with E-state index < -0.39 is 17.4 Å². The molecule has 4 rings (SSSR count). The second kappa shape index (κ2) is 8.75. The number of nitrogens with zero attached hydrogens (tertiary/aromatic N) is 4. The summed E-state index contributed by atoms with van der Waals surface area (Å²) in [5.41, 5.74) is 0.429. The normalized spacial score (nSPS) is 12.2. The third-order valence-electron chi connectivity index (χ3n) is 5.27. The van der Waals surface area contributed by atoms with Crippen LogP contribution in [0.5, 0.6) is 5.75 Å². The molecule has 3 aromatic heterocycles. The molecule has 0 unspecified atom stereocenters. The van der Waals surface area contributed by atoms with Crippen LogP contribution in [-0.2, 0) is 27.2 Å². The first kappa shape index (κ1) is 21.4. The van der Waals surface area contributed by atoms with Crippen LogP contribution < -0.4 is 21.3 Å². The summed E-state index contributed by atoms with van der Waals surface area (Å²) in [6.45, 7) is 2.30. The molecule has 0 fully saturated rings. The Morgan fingerprint density at radius 1 is 1.16 bits per heavy atom. The van der Waals surface area contributed by atoms with E-state index in [1.165, 1.54) is 11.6 Å². The number of imidazole rings is 1. The minimum absolute atomic E-state index is 0.0221. The Morgan fingerprint density at radius 2 is 1.94 bits per heavy atom. The molecular formula is C22H25N5O5. The van der Waals surface area contributed by atoms with Crippen molar-refractivity contribution in [2.75, 3.05) is 11.9 Å². The molecule has 4 aromatic rings. The summed E-state index contributed by atoms with van der Waals surface area (Å²) >= 11 is 0. The average molecular weight is 439 g/mol. The van der Waals surface area contributed by atoms with Gasteiger partial charge in [0.25, 0.3) is 5.56 Å². The molecule has 0 radical (unpaired) electrons. The maximum absolute atomic E-state index is 12.9. The van der Waals surface area contributed by atoms with Crippen LogP contribution in [-0.4, -0.2) is 36.5 Å². The molecule has 32 heavy (non-hydrogen) atoms. The van der Waals surface area contributed by atoms with Crippen LogP contribution in [0.15, 0.2) is 56.7 Å². The van der Waals surface area contributed by atoms with Crippen molar-refractivity contribution in [1.82, 2.24) is 18.7 Å². The molecule has 0 amide bonds. The van der Waals surface area contributed by atoms with Gasteiger partial charge in [-0.05, 0) is 30.7 Å². The number of aliphatic hydroxyl groups excluding tert-OH is 1. The molecule has 3 heterocycles. The molecule has 1 aromatic carbocycles. The first-order valence-corrected chi connectivity index (χ1v) is 10.2. The molecule has 0 aliphatic carbocycles. The topological polar surface area (TPSA) is 116 Å². The molecule has 0 saturated heterocycles. The van der Waals surface area contributed by atoms with Gasteiger partial charge in [0, 0.05) is 14.1 Å². The van der Waals surface area contributed by atoms with Crippen molar-refractivity contribution in [2.45, 2.75) is 26.1 Å². The minimum atomic E-state index is -0.932. The summed E-state index contributed by atoms with van der Waals surface area (Å²) in [7, 11) is 2.96. The number of rotatable bonds is 8. The standard InChI is InChI=1S/C22H25N5O5/c1-14-7-4-5-9-17(14)32-13-15(28)12-27-18-19(25(2)22(30)26(3)20(18)29)24-21(27)23-11-16-8-6-10-31-16/h4-10,15,28H,11-13H2,1-3H3,(H,23,24)/t15-/m1/s1. The number of anilines is 1. The van der Waals surface area contributed by atoms with Crippen molar-refractivity contribution in [2.24, 2.45) is 14.1 Å². The number of para-hydroxylation sites is 1. The van der Waals surface area contributed by atoms with Crippen LogP contribution >= 0.6 is 0 Å². The van der Waals surface area contributed by atoms with Crippen LogP contribution in [0.2, 0.25) is 0 Å².